The Kier molecular flexibility index (Phi) is 5.20. The molecule has 1 aliphatic carbocycles. The van der Waals surface area contributed by atoms with Gasteiger partial charge in [0.05, 0.1) is 17.4 Å². The molecule has 0 bridgehead atoms. The van der Waals surface area contributed by atoms with Crippen LogP contribution in [0.15, 0.2) is 36.9 Å². The Bertz CT molecular complexity index is 854. The number of carbonyl (C=O) groups is 1. The Labute approximate surface area is 158 Å². The van der Waals surface area contributed by atoms with Crippen molar-refractivity contribution >= 4 is 16.9 Å². The first-order chi connectivity index (χ1) is 13.2. The normalized spacial score (nSPS) is 20.0. The van der Waals surface area contributed by atoms with Gasteiger partial charge in [-0.15, -0.1) is 0 Å². The summed E-state index contributed by atoms with van der Waals surface area (Å²) in [4.78, 5) is 29.9. The molecule has 7 nitrogen and oxygen atoms in total. The molecule has 3 aromatic heterocycles. The molecule has 0 saturated heterocycles. The Morgan fingerprint density at radius 3 is 3.11 bits per heavy atom. The number of imidazole rings is 1. The SMILES string of the molecule is CCN(C(=O)c1cc2ncccc2[nH]1)[C@H]1CCC[C@@H](NCc2cnc[nH]2)C1. The topological polar surface area (TPSA) is 89.7 Å². The van der Waals surface area contributed by atoms with Crippen molar-refractivity contribution in [1.82, 2.24) is 30.2 Å². The number of hydrogen-bond donors (Lipinski definition) is 3. The molecule has 1 fully saturated rings. The molecule has 0 aliphatic heterocycles. The summed E-state index contributed by atoms with van der Waals surface area (Å²) < 4.78 is 0. The molecule has 142 valence electrons. The lowest BCUT2D eigenvalue weighted by molar-refractivity contribution is 0.0623. The number of rotatable bonds is 6. The maximum absolute atomic E-state index is 13.1. The summed E-state index contributed by atoms with van der Waals surface area (Å²) in [5, 5.41) is 3.61. The number of hydrogen-bond acceptors (Lipinski definition) is 4. The lowest BCUT2D eigenvalue weighted by Crippen LogP contribution is -2.46. The van der Waals surface area contributed by atoms with Crippen molar-refractivity contribution in [2.45, 2.75) is 51.2 Å². The molecule has 4 rings (SSSR count). The molecule has 0 aromatic carbocycles. The number of H-pyrrole nitrogens is 2. The second-order valence-corrected chi connectivity index (χ2v) is 7.19. The summed E-state index contributed by atoms with van der Waals surface area (Å²) in [6.07, 6.45) is 9.61. The van der Waals surface area contributed by atoms with Gasteiger partial charge in [-0.05, 0) is 50.8 Å². The van der Waals surface area contributed by atoms with Gasteiger partial charge in [0.25, 0.3) is 5.91 Å². The number of aromatic nitrogens is 4. The Balaban J connectivity index is 1.43. The third kappa shape index (κ3) is 3.88. The largest absolute Gasteiger partial charge is 0.349 e. The van der Waals surface area contributed by atoms with Gasteiger partial charge in [0.2, 0.25) is 0 Å². The highest BCUT2D eigenvalue weighted by atomic mass is 16.2. The van der Waals surface area contributed by atoms with Crippen LogP contribution < -0.4 is 5.32 Å². The van der Waals surface area contributed by atoms with Gasteiger partial charge >= 0.3 is 0 Å². The first kappa shape index (κ1) is 17.7. The number of carbonyl (C=O) groups excluding carboxylic acids is 1. The van der Waals surface area contributed by atoms with Crippen molar-refractivity contribution in [1.29, 1.82) is 0 Å². The lowest BCUT2D eigenvalue weighted by atomic mass is 9.89. The predicted molar refractivity (Wildman–Crippen MR) is 104 cm³/mol. The number of amides is 1. The van der Waals surface area contributed by atoms with Crippen LogP contribution in [0.5, 0.6) is 0 Å². The molecule has 0 radical (unpaired) electrons. The van der Waals surface area contributed by atoms with Crippen molar-refractivity contribution in [2.75, 3.05) is 6.54 Å². The predicted octanol–water partition coefficient (Wildman–Crippen LogP) is 2.85. The third-order valence-corrected chi connectivity index (χ3v) is 5.44. The molecular formula is C20H26N6O. The summed E-state index contributed by atoms with van der Waals surface area (Å²) in [5.41, 5.74) is 3.45. The Hall–Kier alpha value is -2.67. The van der Waals surface area contributed by atoms with Gasteiger partial charge in [-0.25, -0.2) is 4.98 Å². The van der Waals surface area contributed by atoms with Gasteiger partial charge < -0.3 is 20.2 Å². The van der Waals surface area contributed by atoms with E-state index in [0.29, 0.717) is 18.3 Å². The molecule has 1 amide bonds. The summed E-state index contributed by atoms with van der Waals surface area (Å²) in [6.45, 7) is 3.55. The standard InChI is InChI=1S/C20H26N6O/c1-2-26(20(27)19-10-18-17(25-19)7-4-8-22-18)16-6-3-5-14(9-16)23-12-15-11-21-13-24-15/h4,7-8,10-11,13-14,16,23,25H,2-3,5-6,9,12H2,1H3,(H,21,24)/t14-,16+/m1/s1. The second kappa shape index (κ2) is 7.92. The van der Waals surface area contributed by atoms with Crippen LogP contribution in [0.1, 0.15) is 48.8 Å². The van der Waals surface area contributed by atoms with Crippen molar-refractivity contribution in [2.24, 2.45) is 0 Å². The van der Waals surface area contributed by atoms with Gasteiger partial charge in [0.1, 0.15) is 5.69 Å². The van der Waals surface area contributed by atoms with E-state index in [0.717, 1.165) is 49.0 Å². The highest BCUT2D eigenvalue weighted by Gasteiger charge is 2.30. The van der Waals surface area contributed by atoms with Crippen molar-refractivity contribution in [3.05, 3.63) is 48.3 Å². The Morgan fingerprint density at radius 2 is 2.33 bits per heavy atom. The van der Waals surface area contributed by atoms with Gasteiger partial charge in [-0.3, -0.25) is 9.78 Å². The second-order valence-electron chi connectivity index (χ2n) is 7.19. The summed E-state index contributed by atoms with van der Waals surface area (Å²) >= 11 is 0. The fraction of sp³-hybridized carbons (Fsp3) is 0.450. The van der Waals surface area contributed by atoms with Crippen molar-refractivity contribution in [3.8, 4) is 0 Å². The zero-order valence-electron chi connectivity index (χ0n) is 15.6. The number of pyridine rings is 1. The molecule has 3 heterocycles. The average molecular weight is 366 g/mol. The number of aromatic amines is 2. The molecule has 3 N–H and O–H groups in total. The van der Waals surface area contributed by atoms with E-state index in [1.807, 2.05) is 29.3 Å². The van der Waals surface area contributed by atoms with E-state index in [9.17, 15) is 4.79 Å². The van der Waals surface area contributed by atoms with Gasteiger partial charge in [0.15, 0.2) is 0 Å². The molecular weight excluding hydrogens is 340 g/mol. The minimum Gasteiger partial charge on any atom is -0.349 e. The molecule has 0 spiro atoms. The third-order valence-electron chi connectivity index (χ3n) is 5.44. The summed E-state index contributed by atoms with van der Waals surface area (Å²) in [6, 6.07) is 6.36. The minimum absolute atomic E-state index is 0.0646. The number of fused-ring (bicyclic) bond motifs is 1. The van der Waals surface area contributed by atoms with E-state index in [1.165, 1.54) is 0 Å². The number of nitrogens with zero attached hydrogens (tertiary/aromatic N) is 3. The van der Waals surface area contributed by atoms with E-state index in [4.69, 9.17) is 0 Å². The fourth-order valence-corrected chi connectivity index (χ4v) is 4.06. The van der Waals surface area contributed by atoms with E-state index < -0.39 is 0 Å². The highest BCUT2D eigenvalue weighted by molar-refractivity contribution is 5.97. The average Bonchev–Trinajstić information content (AvgIpc) is 3.37. The van der Waals surface area contributed by atoms with Gasteiger partial charge in [-0.1, -0.05) is 0 Å². The van der Waals surface area contributed by atoms with Crippen LogP contribution in [-0.2, 0) is 6.54 Å². The molecule has 1 saturated carbocycles. The Morgan fingerprint density at radius 1 is 1.41 bits per heavy atom. The van der Waals surface area contributed by atoms with Crippen molar-refractivity contribution < 1.29 is 4.79 Å². The van der Waals surface area contributed by atoms with Gasteiger partial charge in [0, 0.05) is 43.3 Å². The summed E-state index contributed by atoms with van der Waals surface area (Å²) in [5.74, 6) is 0.0646. The molecule has 27 heavy (non-hydrogen) atoms. The maximum Gasteiger partial charge on any atom is 0.270 e. The van der Waals surface area contributed by atoms with Gasteiger partial charge in [-0.2, -0.15) is 0 Å². The van der Waals surface area contributed by atoms with Crippen LogP contribution in [0.3, 0.4) is 0 Å². The van der Waals surface area contributed by atoms with E-state index in [1.54, 1.807) is 12.5 Å². The molecule has 2 atom stereocenters. The smallest absolute Gasteiger partial charge is 0.270 e. The van der Waals surface area contributed by atoms with E-state index >= 15 is 0 Å². The zero-order valence-corrected chi connectivity index (χ0v) is 15.6. The molecule has 0 unspecified atom stereocenters. The highest BCUT2D eigenvalue weighted by Crippen LogP contribution is 2.25. The first-order valence-electron chi connectivity index (χ1n) is 9.70. The van der Waals surface area contributed by atoms with E-state index in [-0.39, 0.29) is 11.9 Å². The van der Waals surface area contributed by atoms with Crippen molar-refractivity contribution in [3.63, 3.8) is 0 Å². The summed E-state index contributed by atoms with van der Waals surface area (Å²) in [7, 11) is 0. The fourth-order valence-electron chi connectivity index (χ4n) is 4.06. The van der Waals surface area contributed by atoms with Crippen LogP contribution in [0.25, 0.3) is 11.0 Å². The van der Waals surface area contributed by atoms with Crippen LogP contribution >= 0.6 is 0 Å². The quantitative estimate of drug-likeness (QED) is 0.626. The monoisotopic (exact) mass is 366 g/mol. The van der Waals surface area contributed by atoms with Crippen LogP contribution in [0.2, 0.25) is 0 Å². The van der Waals surface area contributed by atoms with Crippen LogP contribution in [0, 0.1) is 0 Å². The maximum atomic E-state index is 13.1. The number of nitrogens with one attached hydrogen (secondary N) is 3. The molecule has 7 heteroatoms. The first-order valence-corrected chi connectivity index (χ1v) is 9.70. The van der Waals surface area contributed by atoms with E-state index in [2.05, 4.69) is 32.2 Å². The minimum atomic E-state index is 0.0646. The lowest BCUT2D eigenvalue weighted by Gasteiger charge is -2.37. The van der Waals surface area contributed by atoms with Crippen LogP contribution in [-0.4, -0.2) is 49.4 Å². The molecule has 3 aromatic rings. The van der Waals surface area contributed by atoms with Crippen LogP contribution in [0.4, 0.5) is 0 Å². The molecule has 1 aliphatic rings. The zero-order chi connectivity index (χ0) is 18.6.